The number of halogens is 1. The van der Waals surface area contributed by atoms with Crippen LogP contribution in [0.3, 0.4) is 0 Å². The topological polar surface area (TPSA) is 92.4 Å². The van der Waals surface area contributed by atoms with Gasteiger partial charge in [-0.2, -0.15) is 22.7 Å². The maximum Gasteiger partial charge on any atom is 0.489 e. The lowest BCUT2D eigenvalue weighted by Crippen LogP contribution is -2.27. The molecule has 0 bridgehead atoms. The number of benzene rings is 1. The number of thiophene rings is 2. The summed E-state index contributed by atoms with van der Waals surface area (Å²) >= 11 is 9.46. The van der Waals surface area contributed by atoms with Crippen LogP contribution in [0.15, 0.2) is 75.1 Å². The summed E-state index contributed by atoms with van der Waals surface area (Å²) in [5.41, 5.74) is 4.25. The highest BCUT2D eigenvalue weighted by molar-refractivity contribution is 7.90. The lowest BCUT2D eigenvalue weighted by Gasteiger charge is -2.08. The van der Waals surface area contributed by atoms with E-state index in [1.165, 1.54) is 15.3 Å². The number of fused-ring (bicyclic) bond motifs is 1. The summed E-state index contributed by atoms with van der Waals surface area (Å²) in [6, 6.07) is 12.2. The second-order valence-electron chi connectivity index (χ2n) is 7.54. The van der Waals surface area contributed by atoms with Gasteiger partial charge in [0, 0.05) is 22.8 Å². The van der Waals surface area contributed by atoms with Gasteiger partial charge in [0.2, 0.25) is 0 Å². The molecule has 2 N–H and O–H groups in total. The highest BCUT2D eigenvalue weighted by Gasteiger charge is 2.24. The first kappa shape index (κ1) is 28.1. The van der Waals surface area contributed by atoms with Crippen molar-refractivity contribution in [3.05, 3.63) is 86.5 Å². The molecular weight excluding hydrogens is 535 g/mol. The zero-order valence-electron chi connectivity index (χ0n) is 20.2. The molecule has 5 aromatic rings. The van der Waals surface area contributed by atoms with Crippen LogP contribution >= 0.6 is 34.3 Å². The molecular formula is C25H26BClN2O4S3. The van der Waals surface area contributed by atoms with E-state index in [2.05, 4.69) is 4.98 Å². The molecule has 4 aromatic heterocycles. The van der Waals surface area contributed by atoms with Gasteiger partial charge in [-0.3, -0.25) is 0 Å². The number of nitrogens with zero attached hydrogens (tertiary/aromatic N) is 2. The van der Waals surface area contributed by atoms with Gasteiger partial charge in [0.1, 0.15) is 0 Å². The van der Waals surface area contributed by atoms with Crippen LogP contribution in [0.2, 0.25) is 5.02 Å². The summed E-state index contributed by atoms with van der Waals surface area (Å²) in [7, 11) is -5.09. The summed E-state index contributed by atoms with van der Waals surface area (Å²) in [6.07, 6.45) is 1.61. The summed E-state index contributed by atoms with van der Waals surface area (Å²) in [5, 5.41) is 25.5. The third-order valence-electron chi connectivity index (χ3n) is 5.06. The molecule has 0 unspecified atom stereocenters. The van der Waals surface area contributed by atoms with E-state index in [-0.39, 0.29) is 4.90 Å². The van der Waals surface area contributed by atoms with Gasteiger partial charge < -0.3 is 10.0 Å². The van der Waals surface area contributed by atoms with Gasteiger partial charge in [0.05, 0.1) is 9.92 Å². The van der Waals surface area contributed by atoms with Crippen LogP contribution < -0.4 is 5.46 Å². The average molecular weight is 561 g/mol. The Kier molecular flexibility index (Phi) is 9.51. The van der Waals surface area contributed by atoms with Crippen molar-refractivity contribution in [3.8, 4) is 11.1 Å². The molecule has 0 saturated heterocycles. The zero-order valence-corrected chi connectivity index (χ0v) is 23.4. The van der Waals surface area contributed by atoms with E-state index in [0.29, 0.717) is 27.2 Å². The van der Waals surface area contributed by atoms with Gasteiger partial charge in [-0.25, -0.2) is 17.4 Å². The number of aromatic nitrogens is 2. The highest BCUT2D eigenvalue weighted by atomic mass is 35.5. The molecule has 11 heteroatoms. The molecule has 188 valence electrons. The fraction of sp³-hybridized carbons (Fsp3) is 0.160. The zero-order chi connectivity index (χ0) is 26.5. The maximum absolute atomic E-state index is 13.2. The standard InChI is InChI=1S/C19H15ClN2O2S2.C4H5BO2S.C2H6/c1-12-3-5-15(6-4-12)26(23,24)22-10-16(14-7-8-25-11-14)18-17(20)9-13(2)21-19(18)22;6-5(7)4-1-2-8-3-4;1-2/h3-11H,1-2H3;1-3,6-7H;1-2H3. The molecule has 0 spiro atoms. The van der Waals surface area contributed by atoms with Crippen molar-refractivity contribution in [1.82, 2.24) is 8.96 Å². The minimum absolute atomic E-state index is 0.219. The molecule has 6 nitrogen and oxygen atoms in total. The first-order valence-electron chi connectivity index (χ1n) is 11.1. The Morgan fingerprint density at radius 2 is 1.61 bits per heavy atom. The molecule has 0 aliphatic heterocycles. The number of rotatable bonds is 4. The molecule has 0 aliphatic rings. The molecule has 0 amide bonds. The van der Waals surface area contributed by atoms with Crippen LogP contribution in [0.4, 0.5) is 0 Å². The average Bonchev–Trinajstić information content (AvgIpc) is 3.61. The van der Waals surface area contributed by atoms with Crippen LogP contribution in [0.5, 0.6) is 0 Å². The van der Waals surface area contributed by atoms with Crippen molar-refractivity contribution in [2.45, 2.75) is 32.6 Å². The summed E-state index contributed by atoms with van der Waals surface area (Å²) in [5.74, 6) is 0. The number of hydrogen-bond acceptors (Lipinski definition) is 7. The quantitative estimate of drug-likeness (QED) is 0.274. The smallest absolute Gasteiger partial charge is 0.423 e. The Morgan fingerprint density at radius 1 is 0.972 bits per heavy atom. The fourth-order valence-electron chi connectivity index (χ4n) is 3.33. The molecule has 0 atom stereocenters. The molecule has 0 saturated carbocycles. The second kappa shape index (κ2) is 12.2. The van der Waals surface area contributed by atoms with Crippen LogP contribution in [-0.4, -0.2) is 34.5 Å². The van der Waals surface area contributed by atoms with Gasteiger partial charge >= 0.3 is 7.12 Å². The minimum Gasteiger partial charge on any atom is -0.423 e. The number of hydrogen-bond donors (Lipinski definition) is 2. The van der Waals surface area contributed by atoms with Crippen molar-refractivity contribution in [2.24, 2.45) is 0 Å². The predicted molar refractivity (Wildman–Crippen MR) is 152 cm³/mol. The monoisotopic (exact) mass is 560 g/mol. The van der Waals surface area contributed by atoms with E-state index in [9.17, 15) is 8.42 Å². The number of pyridine rings is 1. The molecule has 1 aromatic carbocycles. The van der Waals surface area contributed by atoms with Crippen molar-refractivity contribution < 1.29 is 18.5 Å². The Labute approximate surface area is 224 Å². The minimum atomic E-state index is -3.79. The summed E-state index contributed by atoms with van der Waals surface area (Å²) < 4.78 is 27.7. The Balaban J connectivity index is 0.000000305. The summed E-state index contributed by atoms with van der Waals surface area (Å²) in [4.78, 5) is 4.70. The van der Waals surface area contributed by atoms with Gasteiger partial charge in [-0.1, -0.05) is 49.2 Å². The molecule has 0 aliphatic carbocycles. The van der Waals surface area contributed by atoms with Crippen molar-refractivity contribution in [1.29, 1.82) is 0 Å². The van der Waals surface area contributed by atoms with Gasteiger partial charge in [-0.05, 0) is 70.7 Å². The van der Waals surface area contributed by atoms with Crippen LogP contribution in [0.1, 0.15) is 25.1 Å². The SMILES string of the molecule is CC.Cc1ccc(S(=O)(=O)n2cc(-c3ccsc3)c3c(Cl)cc(C)nc32)cc1.OB(O)c1ccsc1. The first-order valence-corrected chi connectivity index (χ1v) is 14.8. The van der Waals surface area contributed by atoms with E-state index < -0.39 is 17.1 Å². The first-order chi connectivity index (χ1) is 17.2. The second-order valence-corrected chi connectivity index (χ2v) is 11.3. The van der Waals surface area contributed by atoms with Crippen molar-refractivity contribution in [3.63, 3.8) is 0 Å². The maximum atomic E-state index is 13.2. The normalized spacial score (nSPS) is 10.9. The van der Waals surface area contributed by atoms with Gasteiger partial charge in [0.15, 0.2) is 5.65 Å². The van der Waals surface area contributed by atoms with E-state index >= 15 is 0 Å². The Morgan fingerprint density at radius 3 is 2.14 bits per heavy atom. The van der Waals surface area contributed by atoms with E-state index in [1.54, 1.807) is 71.6 Å². The van der Waals surface area contributed by atoms with Crippen LogP contribution in [-0.2, 0) is 10.0 Å². The highest BCUT2D eigenvalue weighted by Crippen LogP contribution is 2.37. The number of aryl methyl sites for hydroxylation is 2. The molecule has 36 heavy (non-hydrogen) atoms. The third-order valence-corrected chi connectivity index (χ3v) is 8.40. The fourth-order valence-corrected chi connectivity index (χ4v) is 6.32. The predicted octanol–water partition coefficient (Wildman–Crippen LogP) is 5.73. The van der Waals surface area contributed by atoms with Crippen LogP contribution in [0.25, 0.3) is 22.2 Å². The molecule has 0 fully saturated rings. The molecule has 5 rings (SSSR count). The van der Waals surface area contributed by atoms with E-state index in [4.69, 9.17) is 21.6 Å². The molecule has 4 heterocycles. The Hall–Kier alpha value is -2.47. The van der Waals surface area contributed by atoms with Crippen molar-refractivity contribution >= 4 is 67.9 Å². The largest absolute Gasteiger partial charge is 0.489 e. The Bertz CT molecular complexity index is 1510. The lowest BCUT2D eigenvalue weighted by atomic mass is 9.83. The van der Waals surface area contributed by atoms with Gasteiger partial charge in [-0.15, -0.1) is 0 Å². The third kappa shape index (κ3) is 6.08. The lowest BCUT2D eigenvalue weighted by molar-refractivity contribution is 0.426. The summed E-state index contributed by atoms with van der Waals surface area (Å²) in [6.45, 7) is 7.71. The molecule has 0 radical (unpaired) electrons. The van der Waals surface area contributed by atoms with E-state index in [1.807, 2.05) is 37.6 Å². The van der Waals surface area contributed by atoms with E-state index in [0.717, 1.165) is 16.7 Å². The van der Waals surface area contributed by atoms with Gasteiger partial charge in [0.25, 0.3) is 10.0 Å². The van der Waals surface area contributed by atoms with Crippen LogP contribution in [0, 0.1) is 13.8 Å². The van der Waals surface area contributed by atoms with Crippen molar-refractivity contribution in [2.75, 3.05) is 0 Å².